The monoisotopic (exact) mass is 453 g/mol. The number of aromatic nitrogens is 2. The molecule has 4 aromatic rings. The molecule has 0 bridgehead atoms. The number of ketones is 1. The topological polar surface area (TPSA) is 133 Å². The summed E-state index contributed by atoms with van der Waals surface area (Å²) in [5.74, 6) is -0.873. The van der Waals surface area contributed by atoms with Crippen molar-refractivity contribution in [2.24, 2.45) is 10.2 Å². The van der Waals surface area contributed by atoms with E-state index in [4.69, 9.17) is 4.42 Å². The molecule has 0 aliphatic rings. The highest BCUT2D eigenvalue weighted by atomic mass is 32.1. The Morgan fingerprint density at radius 1 is 1.28 bits per heavy atom. The van der Waals surface area contributed by atoms with Crippen LogP contribution in [0.4, 0.5) is 10.1 Å². The van der Waals surface area contributed by atoms with E-state index in [1.165, 1.54) is 54.3 Å². The minimum atomic E-state index is -0.575. The molecular weight excluding hydrogens is 441 g/mol. The Bertz CT molecular complexity index is 1520. The molecule has 0 amide bonds. The number of rotatable bonds is 5. The number of nitrogens with zero attached hydrogens (tertiary/aromatic N) is 5. The van der Waals surface area contributed by atoms with Crippen LogP contribution in [0.15, 0.2) is 68.1 Å². The molecule has 2 aromatic carbocycles. The van der Waals surface area contributed by atoms with Crippen LogP contribution in [0.3, 0.4) is 0 Å². The molecular formula is C20H12FN5O5S. The number of hydrogen-bond acceptors (Lipinski definition) is 9. The van der Waals surface area contributed by atoms with E-state index in [1.807, 2.05) is 0 Å². The second kappa shape index (κ2) is 8.43. The number of carbonyl (C=O) groups is 1. The molecule has 160 valence electrons. The first-order valence-corrected chi connectivity index (χ1v) is 9.79. The normalized spacial score (nSPS) is 12.0. The Balaban J connectivity index is 1.75. The summed E-state index contributed by atoms with van der Waals surface area (Å²) in [4.78, 5) is 34.8. The van der Waals surface area contributed by atoms with Gasteiger partial charge < -0.3 is 4.42 Å². The van der Waals surface area contributed by atoms with Gasteiger partial charge in [-0.05, 0) is 30.3 Å². The van der Waals surface area contributed by atoms with Crippen LogP contribution in [0, 0.1) is 15.9 Å². The van der Waals surface area contributed by atoms with Crippen molar-refractivity contribution in [3.63, 3.8) is 0 Å². The first-order valence-electron chi connectivity index (χ1n) is 8.97. The van der Waals surface area contributed by atoms with E-state index in [1.54, 1.807) is 0 Å². The second-order valence-electron chi connectivity index (χ2n) is 6.44. The number of nitro benzene ring substituents is 1. The number of carbonyl (C=O) groups excluding carboxylic acids is 1. The zero-order chi connectivity index (χ0) is 22.8. The van der Waals surface area contributed by atoms with Gasteiger partial charge in [0.1, 0.15) is 17.7 Å². The van der Waals surface area contributed by atoms with Crippen LogP contribution in [-0.4, -0.2) is 26.7 Å². The highest BCUT2D eigenvalue weighted by molar-refractivity contribution is 7.10. The quantitative estimate of drug-likeness (QED) is 0.197. The fourth-order valence-corrected chi connectivity index (χ4v) is 3.48. The molecule has 2 heterocycles. The summed E-state index contributed by atoms with van der Waals surface area (Å²) in [5, 5.41) is 23.2. The molecule has 32 heavy (non-hydrogen) atoms. The van der Waals surface area contributed by atoms with Crippen LogP contribution < -0.4 is 10.2 Å². The third-order valence-corrected chi connectivity index (χ3v) is 5.27. The van der Waals surface area contributed by atoms with Gasteiger partial charge in [0.05, 0.1) is 27.8 Å². The van der Waals surface area contributed by atoms with Crippen molar-refractivity contribution in [2.75, 3.05) is 0 Å². The molecule has 0 radical (unpaired) electrons. The lowest BCUT2D eigenvalue weighted by Crippen LogP contribution is -2.14. The molecule has 12 heteroatoms. The fraction of sp³-hybridized carbons (Fsp3) is 0.0500. The minimum absolute atomic E-state index is 0.0463. The zero-order valence-electron chi connectivity index (χ0n) is 16.3. The highest BCUT2D eigenvalue weighted by Crippen LogP contribution is 2.15. The number of non-ortho nitro benzene ring substituents is 1. The van der Waals surface area contributed by atoms with E-state index in [0.717, 1.165) is 23.6 Å². The van der Waals surface area contributed by atoms with Crippen molar-refractivity contribution in [1.29, 1.82) is 0 Å². The maximum Gasteiger partial charge on any atom is 0.269 e. The fourth-order valence-electron chi connectivity index (χ4n) is 2.72. The molecule has 0 aliphatic heterocycles. The van der Waals surface area contributed by atoms with Gasteiger partial charge in [-0.25, -0.2) is 9.07 Å². The minimum Gasteiger partial charge on any atom is -0.463 e. The first-order chi connectivity index (χ1) is 15.3. The van der Waals surface area contributed by atoms with E-state index in [9.17, 15) is 24.1 Å². The summed E-state index contributed by atoms with van der Waals surface area (Å²) in [5.41, 5.74) is 0.114. The molecule has 4 rings (SSSR count). The van der Waals surface area contributed by atoms with Gasteiger partial charge in [-0.1, -0.05) is 11.3 Å². The van der Waals surface area contributed by atoms with Gasteiger partial charge >= 0.3 is 0 Å². The number of halogens is 1. The Morgan fingerprint density at radius 2 is 2.03 bits per heavy atom. The van der Waals surface area contributed by atoms with E-state index in [2.05, 4.69) is 15.3 Å². The van der Waals surface area contributed by atoms with Crippen molar-refractivity contribution in [1.82, 2.24) is 9.78 Å². The lowest BCUT2D eigenvalue weighted by atomic mass is 10.2. The molecule has 0 fully saturated rings. The van der Waals surface area contributed by atoms with Crippen molar-refractivity contribution in [3.8, 4) is 5.69 Å². The Kier molecular flexibility index (Phi) is 5.52. The van der Waals surface area contributed by atoms with Crippen molar-refractivity contribution < 1.29 is 18.5 Å². The third-order valence-electron chi connectivity index (χ3n) is 4.27. The predicted octanol–water partition coefficient (Wildman–Crippen LogP) is 3.22. The van der Waals surface area contributed by atoms with E-state index < -0.39 is 16.2 Å². The van der Waals surface area contributed by atoms with Gasteiger partial charge in [0, 0.05) is 19.1 Å². The van der Waals surface area contributed by atoms with Gasteiger partial charge in [-0.2, -0.15) is 10.2 Å². The second-order valence-corrected chi connectivity index (χ2v) is 7.39. The SMILES string of the molecule is CC(=O)c1nn(-c2ccc([N+](=O)[O-])cc2)/c(=N\N=C\c2coc3ccc(F)cc3c2=O)s1. The van der Waals surface area contributed by atoms with Gasteiger partial charge in [0.2, 0.25) is 10.2 Å². The summed E-state index contributed by atoms with van der Waals surface area (Å²) in [7, 11) is 0. The lowest BCUT2D eigenvalue weighted by Gasteiger charge is -2.00. The lowest BCUT2D eigenvalue weighted by molar-refractivity contribution is -0.384. The van der Waals surface area contributed by atoms with Crippen molar-refractivity contribution in [3.05, 3.63) is 90.3 Å². The van der Waals surface area contributed by atoms with Crippen LogP contribution in [0.5, 0.6) is 0 Å². The predicted molar refractivity (Wildman–Crippen MR) is 114 cm³/mol. The third kappa shape index (κ3) is 4.11. The van der Waals surface area contributed by atoms with Gasteiger partial charge in [-0.15, -0.1) is 5.10 Å². The summed E-state index contributed by atoms with van der Waals surface area (Å²) in [6, 6.07) is 9.10. The maximum absolute atomic E-state index is 13.5. The van der Waals surface area contributed by atoms with E-state index in [-0.39, 0.29) is 37.8 Å². The number of hydrogen-bond donors (Lipinski definition) is 0. The van der Waals surface area contributed by atoms with E-state index >= 15 is 0 Å². The molecule has 2 aromatic heterocycles. The molecule has 0 unspecified atom stereocenters. The van der Waals surface area contributed by atoms with Crippen molar-refractivity contribution in [2.45, 2.75) is 6.92 Å². The Morgan fingerprint density at radius 3 is 2.72 bits per heavy atom. The highest BCUT2D eigenvalue weighted by Gasteiger charge is 2.12. The molecule has 0 aliphatic carbocycles. The average Bonchev–Trinajstić information content (AvgIpc) is 3.20. The first kappa shape index (κ1) is 20.9. The standard InChI is InChI=1S/C20H12FN5O5S/c1-11(27)19-24-25(14-3-5-15(6-4-14)26(29)30)20(32-19)23-22-9-12-10-31-17-7-2-13(21)8-16(17)18(12)28/h2-10H,1H3/b22-9+,23-20+. The zero-order valence-corrected chi connectivity index (χ0v) is 17.1. The number of benzene rings is 2. The van der Waals surface area contributed by atoms with Gasteiger partial charge in [0.25, 0.3) is 5.69 Å². The van der Waals surface area contributed by atoms with Gasteiger partial charge in [-0.3, -0.25) is 19.7 Å². The van der Waals surface area contributed by atoms with Crippen LogP contribution >= 0.6 is 11.3 Å². The van der Waals surface area contributed by atoms with Crippen LogP contribution in [0.1, 0.15) is 22.3 Å². The summed E-state index contributed by atoms with van der Waals surface area (Å²) in [6.45, 7) is 1.34. The molecule has 0 N–H and O–H groups in total. The van der Waals surface area contributed by atoms with Crippen molar-refractivity contribution >= 4 is 40.0 Å². The number of Topliss-reactive ketones (excluding diaryl/α,β-unsaturated/α-hetero) is 1. The Hall–Kier alpha value is -4.32. The number of fused-ring (bicyclic) bond motifs is 1. The van der Waals surface area contributed by atoms with Crippen LogP contribution in [0.25, 0.3) is 16.7 Å². The molecule has 0 atom stereocenters. The van der Waals surface area contributed by atoms with E-state index in [0.29, 0.717) is 5.69 Å². The average molecular weight is 453 g/mol. The molecule has 0 spiro atoms. The molecule has 10 nitrogen and oxygen atoms in total. The number of nitro groups is 1. The van der Waals surface area contributed by atoms with Gasteiger partial charge in [0.15, 0.2) is 10.8 Å². The summed E-state index contributed by atoms with van der Waals surface area (Å²) < 4.78 is 20.1. The Labute approximate surface area is 181 Å². The smallest absolute Gasteiger partial charge is 0.269 e. The summed E-state index contributed by atoms with van der Waals surface area (Å²) in [6.07, 6.45) is 2.32. The molecule has 0 saturated heterocycles. The van der Waals surface area contributed by atoms with Crippen LogP contribution in [-0.2, 0) is 0 Å². The molecule has 0 saturated carbocycles. The summed E-state index contributed by atoms with van der Waals surface area (Å²) >= 11 is 0.954. The largest absolute Gasteiger partial charge is 0.463 e. The van der Waals surface area contributed by atoms with Crippen LogP contribution in [0.2, 0.25) is 0 Å². The maximum atomic E-state index is 13.5.